The van der Waals surface area contributed by atoms with Gasteiger partial charge in [0, 0.05) is 39.3 Å². The lowest BCUT2D eigenvalue weighted by atomic mass is 10.1. The van der Waals surface area contributed by atoms with Gasteiger partial charge in [0.25, 0.3) is 5.91 Å². The van der Waals surface area contributed by atoms with E-state index in [9.17, 15) is 4.79 Å². The summed E-state index contributed by atoms with van der Waals surface area (Å²) in [5.41, 5.74) is 1.36. The van der Waals surface area contributed by atoms with E-state index in [-0.39, 0.29) is 11.9 Å². The molecule has 3 heterocycles. The summed E-state index contributed by atoms with van der Waals surface area (Å²) in [4.78, 5) is 16.1. The topological polar surface area (TPSA) is 35.9 Å². The van der Waals surface area contributed by atoms with E-state index in [1.807, 2.05) is 21.4 Å². The number of piperidine rings is 1. The molecule has 2 aliphatic rings. The van der Waals surface area contributed by atoms with Crippen LogP contribution in [-0.2, 0) is 4.79 Å². The number of nitrogens with zero attached hydrogens (tertiary/aromatic N) is 3. The van der Waals surface area contributed by atoms with Crippen LogP contribution in [0.2, 0.25) is 10.0 Å². The van der Waals surface area contributed by atoms with Crippen LogP contribution in [0.1, 0.15) is 36.6 Å². The minimum atomic E-state index is -0.0521. The highest BCUT2D eigenvalue weighted by molar-refractivity contribution is 9.10. The Hall–Kier alpha value is -1.08. The Kier molecular flexibility index (Phi) is 5.78. The van der Waals surface area contributed by atoms with Crippen molar-refractivity contribution in [2.45, 2.75) is 31.7 Å². The first-order valence-corrected chi connectivity index (χ1v) is 11.3. The van der Waals surface area contributed by atoms with Crippen molar-refractivity contribution in [3.05, 3.63) is 49.0 Å². The van der Waals surface area contributed by atoms with Crippen LogP contribution in [0.15, 0.2) is 39.2 Å². The van der Waals surface area contributed by atoms with Crippen molar-refractivity contribution in [2.24, 2.45) is 5.10 Å². The molecule has 0 saturated carbocycles. The van der Waals surface area contributed by atoms with Gasteiger partial charge in [-0.05, 0) is 59.5 Å². The highest BCUT2D eigenvalue weighted by Gasteiger charge is 2.36. The number of carbonyl (C=O) groups excluding carboxylic acids is 1. The summed E-state index contributed by atoms with van der Waals surface area (Å²) in [6.07, 6.45) is 3.88. The fourth-order valence-electron chi connectivity index (χ4n) is 3.53. The number of hydrogen-bond donors (Lipinski definition) is 0. The average molecular weight is 487 g/mol. The highest BCUT2D eigenvalue weighted by Crippen LogP contribution is 2.42. The number of carbonyl (C=O) groups is 1. The number of thiophene rings is 1. The minimum absolute atomic E-state index is 0.0444. The summed E-state index contributed by atoms with van der Waals surface area (Å²) >= 11 is 17.7. The van der Waals surface area contributed by atoms with E-state index >= 15 is 0 Å². The van der Waals surface area contributed by atoms with Crippen molar-refractivity contribution in [3.8, 4) is 0 Å². The van der Waals surface area contributed by atoms with E-state index < -0.39 is 0 Å². The van der Waals surface area contributed by atoms with Gasteiger partial charge in [-0.1, -0.05) is 23.2 Å². The summed E-state index contributed by atoms with van der Waals surface area (Å²) in [5.74, 6) is 0.0444. The van der Waals surface area contributed by atoms with Crippen LogP contribution >= 0.6 is 50.5 Å². The van der Waals surface area contributed by atoms with Crippen LogP contribution < -0.4 is 5.01 Å². The van der Waals surface area contributed by atoms with Gasteiger partial charge in [0.1, 0.15) is 5.71 Å². The van der Waals surface area contributed by atoms with Gasteiger partial charge in [0.2, 0.25) is 0 Å². The van der Waals surface area contributed by atoms with Crippen molar-refractivity contribution < 1.29 is 4.79 Å². The summed E-state index contributed by atoms with van der Waals surface area (Å²) < 4.78 is 1.03. The predicted molar refractivity (Wildman–Crippen MR) is 116 cm³/mol. The zero-order valence-electron chi connectivity index (χ0n) is 14.5. The highest BCUT2D eigenvalue weighted by atomic mass is 79.9. The molecule has 0 spiro atoms. The van der Waals surface area contributed by atoms with E-state index in [0.29, 0.717) is 22.2 Å². The van der Waals surface area contributed by atoms with Crippen molar-refractivity contribution in [3.63, 3.8) is 0 Å². The molecule has 8 heteroatoms. The number of anilines is 1. The molecule has 4 nitrogen and oxygen atoms in total. The number of amides is 1. The van der Waals surface area contributed by atoms with E-state index in [2.05, 4.69) is 22.0 Å². The zero-order valence-corrected chi connectivity index (χ0v) is 18.4. The number of halogens is 3. The molecule has 0 N–H and O–H groups in total. The van der Waals surface area contributed by atoms with Crippen molar-refractivity contribution in [1.29, 1.82) is 0 Å². The number of benzene rings is 1. The van der Waals surface area contributed by atoms with Gasteiger partial charge in [0.05, 0.1) is 16.8 Å². The van der Waals surface area contributed by atoms with E-state index in [0.717, 1.165) is 41.0 Å². The van der Waals surface area contributed by atoms with Crippen LogP contribution in [0.3, 0.4) is 0 Å². The second-order valence-electron chi connectivity index (χ2n) is 6.73. The zero-order chi connectivity index (χ0) is 19.0. The first kappa shape index (κ1) is 19.2. The third kappa shape index (κ3) is 4.04. The van der Waals surface area contributed by atoms with Gasteiger partial charge in [0.15, 0.2) is 0 Å². The summed E-state index contributed by atoms with van der Waals surface area (Å²) in [6.45, 7) is 1.63. The van der Waals surface area contributed by atoms with Gasteiger partial charge in [-0.2, -0.15) is 5.10 Å². The molecule has 1 aromatic heterocycles. The van der Waals surface area contributed by atoms with E-state index in [1.54, 1.807) is 23.5 Å². The van der Waals surface area contributed by atoms with E-state index in [4.69, 9.17) is 28.3 Å². The third-order valence-electron chi connectivity index (χ3n) is 4.87. The molecule has 1 unspecified atom stereocenters. The van der Waals surface area contributed by atoms with Crippen LogP contribution in [0, 0.1) is 0 Å². The first-order valence-electron chi connectivity index (χ1n) is 8.88. The molecule has 2 aromatic rings. The lowest BCUT2D eigenvalue weighted by Crippen LogP contribution is -2.39. The maximum absolute atomic E-state index is 13.0. The fraction of sp³-hybridized carbons (Fsp3) is 0.368. The van der Waals surface area contributed by atoms with Crippen molar-refractivity contribution in [1.82, 2.24) is 4.90 Å². The summed E-state index contributed by atoms with van der Waals surface area (Å²) in [7, 11) is 0. The summed E-state index contributed by atoms with van der Waals surface area (Å²) in [5, 5.41) is 9.73. The molecular formula is C19H18BrCl2N3OS. The minimum Gasteiger partial charge on any atom is -0.338 e. The Morgan fingerprint density at radius 1 is 1.19 bits per heavy atom. The smallest absolute Gasteiger partial charge is 0.270 e. The van der Waals surface area contributed by atoms with Gasteiger partial charge < -0.3 is 4.90 Å². The van der Waals surface area contributed by atoms with Gasteiger partial charge in [-0.15, -0.1) is 11.3 Å². The lowest BCUT2D eigenvalue weighted by molar-refractivity contribution is -0.125. The average Bonchev–Trinajstić information content (AvgIpc) is 3.28. The molecule has 1 fully saturated rings. The number of hydrazone groups is 1. The molecule has 27 heavy (non-hydrogen) atoms. The maximum Gasteiger partial charge on any atom is 0.270 e. The third-order valence-corrected chi connectivity index (χ3v) is 7.21. The second kappa shape index (κ2) is 8.11. The molecule has 2 aliphatic heterocycles. The Balaban J connectivity index is 1.68. The molecule has 0 aliphatic carbocycles. The van der Waals surface area contributed by atoms with Crippen molar-refractivity contribution >= 4 is 67.8 Å². The standard InChI is InChI=1S/C19H18BrCl2N3OS/c20-12-8-18(27-11-12)17-10-15(19(26)24-6-2-1-3-7-24)23-25(17)16-5-4-13(21)9-14(16)22/h4-5,8-9,11,17H,1-3,6-7,10H2. The number of hydrogen-bond acceptors (Lipinski definition) is 4. The van der Waals surface area contributed by atoms with E-state index in [1.165, 1.54) is 6.42 Å². The monoisotopic (exact) mass is 485 g/mol. The van der Waals surface area contributed by atoms with Crippen LogP contribution in [0.25, 0.3) is 0 Å². The van der Waals surface area contributed by atoms with Crippen molar-refractivity contribution in [2.75, 3.05) is 18.1 Å². The Morgan fingerprint density at radius 2 is 1.96 bits per heavy atom. The number of likely N-dealkylation sites (tertiary alicyclic amines) is 1. The number of rotatable bonds is 3. The second-order valence-corrected chi connectivity index (χ2v) is 9.43. The Bertz CT molecular complexity index is 895. The Morgan fingerprint density at radius 3 is 2.63 bits per heavy atom. The molecule has 142 valence electrons. The van der Waals surface area contributed by atoms with Gasteiger partial charge in [-0.25, -0.2) is 0 Å². The van der Waals surface area contributed by atoms with Gasteiger partial charge >= 0.3 is 0 Å². The van der Waals surface area contributed by atoms with Crippen LogP contribution in [-0.4, -0.2) is 29.6 Å². The first-order chi connectivity index (χ1) is 13.0. The molecule has 1 saturated heterocycles. The quantitative estimate of drug-likeness (QED) is 0.522. The Labute approximate surface area is 180 Å². The van der Waals surface area contributed by atoms with Crippen LogP contribution in [0.5, 0.6) is 0 Å². The van der Waals surface area contributed by atoms with Crippen LogP contribution in [0.4, 0.5) is 5.69 Å². The summed E-state index contributed by atoms with van der Waals surface area (Å²) in [6, 6.07) is 7.39. The molecule has 1 atom stereocenters. The lowest BCUT2D eigenvalue weighted by Gasteiger charge is -2.26. The maximum atomic E-state index is 13.0. The molecule has 0 bridgehead atoms. The SMILES string of the molecule is O=C(C1=NN(c2ccc(Cl)cc2Cl)C(c2cc(Br)cs2)C1)N1CCCCC1. The molecule has 0 radical (unpaired) electrons. The molecular weight excluding hydrogens is 469 g/mol. The largest absolute Gasteiger partial charge is 0.338 e. The predicted octanol–water partition coefficient (Wildman–Crippen LogP) is 6.14. The molecule has 1 aromatic carbocycles. The van der Waals surface area contributed by atoms with Gasteiger partial charge in [-0.3, -0.25) is 9.80 Å². The fourth-order valence-corrected chi connectivity index (χ4v) is 5.56. The molecule has 4 rings (SSSR count). The molecule has 1 amide bonds. The normalized spacial score (nSPS) is 20.1.